The van der Waals surface area contributed by atoms with Gasteiger partial charge in [-0.25, -0.2) is 18.4 Å². The molecule has 3 saturated heterocycles. The van der Waals surface area contributed by atoms with Crippen LogP contribution < -0.4 is 15.0 Å². The minimum Gasteiger partial charge on any atom is -0.483 e. The Hall–Kier alpha value is -3.36. The van der Waals surface area contributed by atoms with Crippen LogP contribution in [0.5, 0.6) is 5.75 Å². The Balaban J connectivity index is 1.19. The molecular weight excluding hydrogens is 552 g/mol. The first-order valence-electron chi connectivity index (χ1n) is 14.9. The molecule has 0 bridgehead atoms. The Kier molecular flexibility index (Phi) is 7.56. The number of aryl methyl sites for hydroxylation is 1. The quantitative estimate of drug-likeness (QED) is 0.537. The first-order valence-corrected chi connectivity index (χ1v) is 16.7. The van der Waals surface area contributed by atoms with Gasteiger partial charge in [0.2, 0.25) is 0 Å². The number of nitrogens with one attached hydrogen (secondary N) is 1. The van der Waals surface area contributed by atoms with Gasteiger partial charge in [-0.05, 0) is 89.1 Å². The van der Waals surface area contributed by atoms with Gasteiger partial charge >= 0.3 is 0 Å². The lowest BCUT2D eigenvalue weighted by Crippen LogP contribution is -2.51. The number of anilines is 3. The van der Waals surface area contributed by atoms with Crippen molar-refractivity contribution in [2.45, 2.75) is 64.5 Å². The van der Waals surface area contributed by atoms with Crippen molar-refractivity contribution in [2.24, 2.45) is 0 Å². The average Bonchev–Trinajstić information content (AvgIpc) is 3.31. The molecule has 1 amide bonds. The summed E-state index contributed by atoms with van der Waals surface area (Å²) in [4.78, 5) is 28.0. The first kappa shape index (κ1) is 28.7. The van der Waals surface area contributed by atoms with Crippen LogP contribution in [0.15, 0.2) is 18.5 Å². The molecule has 4 aliphatic heterocycles. The summed E-state index contributed by atoms with van der Waals surface area (Å²) in [6.07, 6.45) is 4.31. The molecule has 0 saturated carbocycles. The number of ether oxygens (including phenoxy) is 1. The first-order chi connectivity index (χ1) is 20.1. The van der Waals surface area contributed by atoms with Crippen molar-refractivity contribution in [2.75, 3.05) is 61.0 Å². The number of hydrogen-bond donors (Lipinski definition) is 1. The summed E-state index contributed by atoms with van der Waals surface area (Å²) in [5, 5.41) is 3.55. The van der Waals surface area contributed by atoms with E-state index >= 15 is 0 Å². The second kappa shape index (κ2) is 11.0. The highest BCUT2D eigenvalue weighted by Gasteiger charge is 2.42. The fraction of sp³-hybridized carbons (Fsp3) is 0.581. The molecule has 0 unspecified atom stereocenters. The van der Waals surface area contributed by atoms with Crippen molar-refractivity contribution >= 4 is 33.1 Å². The van der Waals surface area contributed by atoms with Gasteiger partial charge in [-0.2, -0.15) is 0 Å². The van der Waals surface area contributed by atoms with Gasteiger partial charge < -0.3 is 19.9 Å². The maximum atomic E-state index is 12.3. The van der Waals surface area contributed by atoms with Crippen LogP contribution in [-0.2, 0) is 14.6 Å². The van der Waals surface area contributed by atoms with Crippen LogP contribution in [0.4, 0.5) is 17.3 Å². The monoisotopic (exact) mass is 592 g/mol. The number of amides is 1. The Morgan fingerprint density at radius 2 is 1.86 bits per heavy atom. The lowest BCUT2D eigenvalue weighted by Gasteiger charge is -2.43. The normalized spacial score (nSPS) is 25.8. The van der Waals surface area contributed by atoms with Crippen LogP contribution >= 0.6 is 0 Å². The van der Waals surface area contributed by atoms with E-state index in [1.807, 2.05) is 16.7 Å². The molecule has 1 N–H and O–H groups in total. The summed E-state index contributed by atoms with van der Waals surface area (Å²) in [5.74, 6) is 8.28. The van der Waals surface area contributed by atoms with Crippen LogP contribution in [0.1, 0.15) is 68.7 Å². The third-order valence-electron chi connectivity index (χ3n) is 9.46. The Bertz CT molecular complexity index is 1540. The Morgan fingerprint density at radius 3 is 2.57 bits per heavy atom. The summed E-state index contributed by atoms with van der Waals surface area (Å²) in [5.41, 5.74) is 4.11. The van der Waals surface area contributed by atoms with E-state index in [1.54, 1.807) is 13.3 Å². The lowest BCUT2D eigenvalue weighted by atomic mass is 9.85. The summed E-state index contributed by atoms with van der Waals surface area (Å²) in [6.45, 7) is 12.4. The fourth-order valence-electron chi connectivity index (χ4n) is 7.00. The maximum Gasteiger partial charge on any atom is 0.298 e. The second-order valence-electron chi connectivity index (χ2n) is 12.3. The molecule has 1 aromatic carbocycles. The number of rotatable bonds is 3. The summed E-state index contributed by atoms with van der Waals surface area (Å²) < 4.78 is 30.6. The van der Waals surface area contributed by atoms with Crippen LogP contribution in [0.3, 0.4) is 0 Å². The SMILES string of the molecule is CC#CC(=O)N1CC[C@@](C)(N2CCC(c3cc(C)c4c(c3)Nc3ncnc(N5CCS(=O)(=O)CC5)c3[C@@H](C)O4)CC2)C1. The molecule has 3 fully saturated rings. The van der Waals surface area contributed by atoms with E-state index in [0.29, 0.717) is 24.8 Å². The number of aromatic nitrogens is 2. The fourth-order valence-corrected chi connectivity index (χ4v) is 8.20. The molecule has 1 aromatic heterocycles. The zero-order valence-electron chi connectivity index (χ0n) is 24.9. The lowest BCUT2D eigenvalue weighted by molar-refractivity contribution is -0.124. The van der Waals surface area contributed by atoms with Crippen LogP contribution in [0.25, 0.3) is 0 Å². The highest BCUT2D eigenvalue weighted by Crippen LogP contribution is 2.45. The highest BCUT2D eigenvalue weighted by atomic mass is 32.2. The van der Waals surface area contributed by atoms with E-state index in [4.69, 9.17) is 4.74 Å². The van der Waals surface area contributed by atoms with Gasteiger partial charge in [0.25, 0.3) is 5.91 Å². The second-order valence-corrected chi connectivity index (χ2v) is 14.6. The minimum atomic E-state index is -3.01. The van der Waals surface area contributed by atoms with Crippen molar-refractivity contribution < 1.29 is 17.9 Å². The molecule has 6 rings (SSSR count). The number of sulfone groups is 1. The molecule has 2 atom stereocenters. The molecule has 11 heteroatoms. The molecule has 42 heavy (non-hydrogen) atoms. The average molecular weight is 593 g/mol. The summed E-state index contributed by atoms with van der Waals surface area (Å²) >= 11 is 0. The van der Waals surface area contributed by atoms with Gasteiger partial charge in [-0.1, -0.05) is 12.0 Å². The molecule has 0 spiro atoms. The van der Waals surface area contributed by atoms with E-state index in [0.717, 1.165) is 73.8 Å². The molecule has 224 valence electrons. The van der Waals surface area contributed by atoms with Crippen molar-refractivity contribution in [3.63, 3.8) is 0 Å². The van der Waals surface area contributed by atoms with Gasteiger partial charge in [0, 0.05) is 31.7 Å². The molecule has 10 nitrogen and oxygen atoms in total. The smallest absolute Gasteiger partial charge is 0.298 e. The number of likely N-dealkylation sites (tertiary alicyclic amines) is 2. The van der Waals surface area contributed by atoms with E-state index in [2.05, 4.69) is 58.0 Å². The van der Waals surface area contributed by atoms with E-state index < -0.39 is 9.84 Å². The Labute approximate surface area is 248 Å². The summed E-state index contributed by atoms with van der Waals surface area (Å²) in [6, 6.07) is 4.47. The van der Waals surface area contributed by atoms with Crippen molar-refractivity contribution in [1.82, 2.24) is 19.8 Å². The molecule has 5 heterocycles. The standard InChI is InChI=1S/C31H40N6O4S/c1-5-6-26(38)36-12-9-31(4,19-36)37-10-7-23(8-11-37)24-17-21(2)28-25(18-24)34-29-27(22(3)41-28)30(33-20-32-29)35-13-15-42(39,40)16-14-35/h17-18,20,22-23H,7-16,19H2,1-4H3,(H,32,33,34)/t22-,31-/m1/s1. The van der Waals surface area contributed by atoms with Crippen molar-refractivity contribution in [1.29, 1.82) is 0 Å². The number of fused-ring (bicyclic) bond motifs is 2. The number of hydrogen-bond acceptors (Lipinski definition) is 9. The third kappa shape index (κ3) is 5.42. The number of nitrogens with zero attached hydrogens (tertiary/aromatic N) is 5. The zero-order valence-corrected chi connectivity index (χ0v) is 25.8. The minimum absolute atomic E-state index is 0.00899. The van der Waals surface area contributed by atoms with Gasteiger partial charge in [-0.15, -0.1) is 0 Å². The van der Waals surface area contributed by atoms with E-state index in [1.165, 1.54) is 5.56 Å². The maximum absolute atomic E-state index is 12.3. The van der Waals surface area contributed by atoms with Gasteiger partial charge in [0.15, 0.2) is 9.84 Å². The number of piperidine rings is 1. The number of carbonyl (C=O) groups excluding carboxylic acids is 1. The van der Waals surface area contributed by atoms with Crippen LogP contribution in [0.2, 0.25) is 0 Å². The van der Waals surface area contributed by atoms with Crippen LogP contribution in [-0.4, -0.2) is 90.4 Å². The molecule has 2 aromatic rings. The molecule has 0 radical (unpaired) electrons. The molecular formula is C31H40N6O4S. The predicted octanol–water partition coefficient (Wildman–Crippen LogP) is 3.41. The third-order valence-corrected chi connectivity index (χ3v) is 11.1. The highest BCUT2D eigenvalue weighted by molar-refractivity contribution is 7.91. The van der Waals surface area contributed by atoms with Gasteiger partial charge in [-0.3, -0.25) is 9.69 Å². The van der Waals surface area contributed by atoms with E-state index in [9.17, 15) is 13.2 Å². The van der Waals surface area contributed by atoms with Crippen LogP contribution in [0, 0.1) is 18.8 Å². The van der Waals surface area contributed by atoms with Gasteiger partial charge in [0.1, 0.15) is 29.8 Å². The largest absolute Gasteiger partial charge is 0.483 e. The van der Waals surface area contributed by atoms with Gasteiger partial charge in [0.05, 0.1) is 22.8 Å². The number of carbonyl (C=O) groups is 1. The predicted molar refractivity (Wildman–Crippen MR) is 163 cm³/mol. The van der Waals surface area contributed by atoms with Crippen molar-refractivity contribution in [3.8, 4) is 17.6 Å². The molecule has 0 aliphatic carbocycles. The Morgan fingerprint density at radius 1 is 1.12 bits per heavy atom. The summed E-state index contributed by atoms with van der Waals surface area (Å²) in [7, 11) is -3.01. The zero-order chi connectivity index (χ0) is 29.6. The van der Waals surface area contributed by atoms with E-state index in [-0.39, 0.29) is 29.1 Å². The molecule has 4 aliphatic rings. The topological polar surface area (TPSA) is 108 Å². The number of benzene rings is 1. The van der Waals surface area contributed by atoms with Crippen molar-refractivity contribution in [3.05, 3.63) is 35.2 Å².